The fourth-order valence-electron chi connectivity index (χ4n) is 2.63. The van der Waals surface area contributed by atoms with Gasteiger partial charge < -0.3 is 11.1 Å². The Balaban J connectivity index is 2.70. The lowest BCUT2D eigenvalue weighted by atomic mass is 9.61. The van der Waals surface area contributed by atoms with Crippen LogP contribution in [0.3, 0.4) is 0 Å². The van der Waals surface area contributed by atoms with Gasteiger partial charge >= 0.3 is 0 Å². The van der Waals surface area contributed by atoms with Gasteiger partial charge in [0.2, 0.25) is 5.91 Å². The number of hydrogen-bond donors (Lipinski definition) is 2. The maximum Gasteiger partial charge on any atom is 0.223 e. The predicted octanol–water partition coefficient (Wildman–Crippen LogP) is 2.41. The fraction of sp³-hybridized carbons (Fsp3) is 0.769. The van der Waals surface area contributed by atoms with Crippen molar-refractivity contribution in [3.8, 4) is 0 Å². The number of carbonyl (C=O) groups excluding carboxylic acids is 1. The van der Waals surface area contributed by atoms with Gasteiger partial charge in [0.1, 0.15) is 0 Å². The Morgan fingerprint density at radius 2 is 2.12 bits per heavy atom. The summed E-state index contributed by atoms with van der Waals surface area (Å²) in [6.07, 6.45) is 1.80. The first-order valence-corrected chi connectivity index (χ1v) is 6.92. The van der Waals surface area contributed by atoms with Crippen LogP contribution in [0.15, 0.2) is 11.1 Å². The van der Waals surface area contributed by atoms with E-state index < -0.39 is 0 Å². The first-order chi connectivity index (χ1) is 7.76. The van der Waals surface area contributed by atoms with Crippen LogP contribution in [0, 0.1) is 17.3 Å². The molecule has 0 aromatic rings. The van der Waals surface area contributed by atoms with Gasteiger partial charge in [0, 0.05) is 23.0 Å². The van der Waals surface area contributed by atoms with E-state index in [2.05, 4.69) is 48.6 Å². The minimum atomic E-state index is -0.0462. The van der Waals surface area contributed by atoms with Crippen LogP contribution in [0.2, 0.25) is 0 Å². The largest absolute Gasteiger partial charge is 0.351 e. The zero-order valence-electron chi connectivity index (χ0n) is 10.9. The molecule has 1 saturated carbocycles. The standard InChI is InChI=1S/C13H23BrN2O/c1-8(14)7-16-12(17)10-5-6-11(15)9(2)13(10,3)4/h9-11H,1,5-7,15H2,2-4H3,(H,16,17). The molecule has 3 N–H and O–H groups in total. The zero-order valence-corrected chi connectivity index (χ0v) is 12.5. The Bertz CT molecular complexity index is 315. The summed E-state index contributed by atoms with van der Waals surface area (Å²) >= 11 is 3.25. The van der Waals surface area contributed by atoms with E-state index in [0.717, 1.165) is 17.3 Å². The Labute approximate surface area is 112 Å². The lowest BCUT2D eigenvalue weighted by Crippen LogP contribution is -2.51. The molecular formula is C13H23BrN2O. The molecule has 3 nitrogen and oxygen atoms in total. The fourth-order valence-corrected chi connectivity index (χ4v) is 2.77. The van der Waals surface area contributed by atoms with Gasteiger partial charge in [-0.15, -0.1) is 0 Å². The molecule has 0 saturated heterocycles. The zero-order chi connectivity index (χ0) is 13.2. The summed E-state index contributed by atoms with van der Waals surface area (Å²) in [6, 6.07) is 0.209. The molecule has 3 unspecified atom stereocenters. The van der Waals surface area contributed by atoms with Crippen molar-refractivity contribution in [3.63, 3.8) is 0 Å². The number of rotatable bonds is 3. The molecule has 1 rings (SSSR count). The number of carbonyl (C=O) groups is 1. The number of nitrogens with one attached hydrogen (secondary N) is 1. The van der Waals surface area contributed by atoms with Crippen LogP contribution in [0.1, 0.15) is 33.6 Å². The van der Waals surface area contributed by atoms with Crippen LogP contribution < -0.4 is 11.1 Å². The van der Waals surface area contributed by atoms with Crippen LogP contribution in [-0.2, 0) is 4.79 Å². The molecule has 0 bridgehead atoms. The monoisotopic (exact) mass is 302 g/mol. The molecule has 1 aliphatic carbocycles. The van der Waals surface area contributed by atoms with Crippen molar-refractivity contribution in [2.24, 2.45) is 23.0 Å². The highest BCUT2D eigenvalue weighted by Crippen LogP contribution is 2.44. The van der Waals surface area contributed by atoms with E-state index in [-0.39, 0.29) is 23.3 Å². The Hall–Kier alpha value is -0.350. The highest BCUT2D eigenvalue weighted by atomic mass is 79.9. The van der Waals surface area contributed by atoms with Gasteiger partial charge in [-0.1, -0.05) is 43.3 Å². The van der Waals surface area contributed by atoms with Crippen LogP contribution in [0.4, 0.5) is 0 Å². The third kappa shape index (κ3) is 3.32. The Kier molecular flexibility index (Phi) is 4.78. The summed E-state index contributed by atoms with van der Waals surface area (Å²) in [5.41, 5.74) is 6.04. The van der Waals surface area contributed by atoms with Gasteiger partial charge in [-0.05, 0) is 24.2 Å². The second kappa shape index (κ2) is 5.53. The van der Waals surface area contributed by atoms with Crippen molar-refractivity contribution in [3.05, 3.63) is 11.1 Å². The van der Waals surface area contributed by atoms with E-state index in [1.54, 1.807) is 0 Å². The van der Waals surface area contributed by atoms with Gasteiger partial charge in [0.15, 0.2) is 0 Å². The third-order valence-electron chi connectivity index (χ3n) is 4.27. The van der Waals surface area contributed by atoms with Crippen molar-refractivity contribution in [1.82, 2.24) is 5.32 Å². The van der Waals surface area contributed by atoms with Crippen LogP contribution in [0.25, 0.3) is 0 Å². The topological polar surface area (TPSA) is 55.1 Å². The van der Waals surface area contributed by atoms with E-state index in [0.29, 0.717) is 12.5 Å². The number of nitrogens with two attached hydrogens (primary N) is 1. The summed E-state index contributed by atoms with van der Waals surface area (Å²) < 4.78 is 0.796. The molecule has 0 heterocycles. The van der Waals surface area contributed by atoms with Gasteiger partial charge in [-0.2, -0.15) is 0 Å². The lowest BCUT2D eigenvalue weighted by Gasteiger charge is -2.46. The maximum absolute atomic E-state index is 12.2. The SMILES string of the molecule is C=C(Br)CNC(=O)C1CCC(N)C(C)C1(C)C. The van der Waals surface area contributed by atoms with E-state index in [1.807, 2.05) is 0 Å². The Morgan fingerprint density at radius 3 is 2.65 bits per heavy atom. The molecule has 4 heteroatoms. The summed E-state index contributed by atoms with van der Waals surface area (Å²) in [6.45, 7) is 10.6. The first-order valence-electron chi connectivity index (χ1n) is 6.13. The van der Waals surface area contributed by atoms with E-state index in [4.69, 9.17) is 5.73 Å². The molecular weight excluding hydrogens is 280 g/mol. The predicted molar refractivity (Wildman–Crippen MR) is 74.7 cm³/mol. The summed E-state index contributed by atoms with van der Waals surface area (Å²) in [5, 5.41) is 2.92. The average Bonchev–Trinajstić information content (AvgIpc) is 2.23. The molecule has 0 spiro atoms. The highest BCUT2D eigenvalue weighted by Gasteiger charge is 2.44. The molecule has 1 aliphatic rings. The minimum Gasteiger partial charge on any atom is -0.351 e. The van der Waals surface area contributed by atoms with Gasteiger partial charge in [-0.25, -0.2) is 0 Å². The molecule has 1 amide bonds. The second-order valence-electron chi connectivity index (χ2n) is 5.64. The highest BCUT2D eigenvalue weighted by molar-refractivity contribution is 9.11. The van der Waals surface area contributed by atoms with Crippen molar-refractivity contribution in [2.45, 2.75) is 39.7 Å². The molecule has 0 aromatic heterocycles. The summed E-state index contributed by atoms with van der Waals surface area (Å²) in [4.78, 5) is 12.2. The van der Waals surface area contributed by atoms with E-state index in [1.165, 1.54) is 0 Å². The van der Waals surface area contributed by atoms with E-state index in [9.17, 15) is 4.79 Å². The molecule has 0 radical (unpaired) electrons. The molecule has 98 valence electrons. The number of amides is 1. The van der Waals surface area contributed by atoms with Crippen LogP contribution >= 0.6 is 15.9 Å². The van der Waals surface area contributed by atoms with Gasteiger partial charge in [-0.3, -0.25) is 4.79 Å². The van der Waals surface area contributed by atoms with E-state index >= 15 is 0 Å². The van der Waals surface area contributed by atoms with Gasteiger partial charge in [0.25, 0.3) is 0 Å². The van der Waals surface area contributed by atoms with Crippen molar-refractivity contribution >= 4 is 21.8 Å². The first kappa shape index (κ1) is 14.7. The summed E-state index contributed by atoms with van der Waals surface area (Å²) in [7, 11) is 0. The van der Waals surface area contributed by atoms with Crippen molar-refractivity contribution in [2.75, 3.05) is 6.54 Å². The lowest BCUT2D eigenvalue weighted by molar-refractivity contribution is -0.132. The minimum absolute atomic E-state index is 0.0455. The molecule has 17 heavy (non-hydrogen) atoms. The molecule has 0 aromatic carbocycles. The second-order valence-corrected chi connectivity index (χ2v) is 6.76. The molecule has 1 fully saturated rings. The normalized spacial score (nSPS) is 31.9. The maximum atomic E-state index is 12.2. The smallest absolute Gasteiger partial charge is 0.223 e. The molecule has 3 atom stereocenters. The van der Waals surface area contributed by atoms with Crippen molar-refractivity contribution < 1.29 is 4.79 Å². The summed E-state index contributed by atoms with van der Waals surface area (Å²) in [5.74, 6) is 0.526. The van der Waals surface area contributed by atoms with Crippen LogP contribution in [-0.4, -0.2) is 18.5 Å². The molecule has 0 aliphatic heterocycles. The average molecular weight is 303 g/mol. The third-order valence-corrected chi connectivity index (χ3v) is 4.55. The Morgan fingerprint density at radius 1 is 1.53 bits per heavy atom. The quantitative estimate of drug-likeness (QED) is 0.841. The number of hydrogen-bond acceptors (Lipinski definition) is 2. The number of halogens is 1. The van der Waals surface area contributed by atoms with Crippen molar-refractivity contribution in [1.29, 1.82) is 0 Å². The van der Waals surface area contributed by atoms with Gasteiger partial charge in [0.05, 0.1) is 0 Å². The van der Waals surface area contributed by atoms with Crippen LogP contribution in [0.5, 0.6) is 0 Å².